The Morgan fingerprint density at radius 2 is 1.80 bits per heavy atom. The van der Waals surface area contributed by atoms with Gasteiger partial charge >= 0.3 is 0 Å². The number of imidazole rings is 1. The molecule has 0 saturated carbocycles. The van der Waals surface area contributed by atoms with Crippen LogP contribution >= 0.6 is 11.3 Å². The Bertz CT molecular complexity index is 1290. The van der Waals surface area contributed by atoms with E-state index in [1.807, 2.05) is 29.0 Å². The van der Waals surface area contributed by atoms with Gasteiger partial charge in [-0.25, -0.2) is 4.98 Å². The van der Waals surface area contributed by atoms with Gasteiger partial charge in [-0.2, -0.15) is 0 Å². The third-order valence-electron chi connectivity index (χ3n) is 4.39. The van der Waals surface area contributed by atoms with Crippen molar-refractivity contribution in [1.82, 2.24) is 9.38 Å². The van der Waals surface area contributed by atoms with E-state index in [1.54, 1.807) is 18.2 Å². The van der Waals surface area contributed by atoms with E-state index in [-0.39, 0.29) is 5.56 Å². The number of nitrogens with zero attached hydrogens (tertiary/aromatic N) is 4. The number of thiazole rings is 1. The number of anilines is 1. The number of aryl methyl sites for hydroxylation is 1. The molecule has 0 atom stereocenters. The van der Waals surface area contributed by atoms with Gasteiger partial charge < -0.3 is 5.32 Å². The SMILES string of the molecule is Cc1csc2nc(-c3cccc(NC(=O)c4cc([N+](=O)[O-])cc([N+](=O)[O-])c4)c3)cn12. The van der Waals surface area contributed by atoms with E-state index < -0.39 is 27.1 Å². The lowest BCUT2D eigenvalue weighted by Gasteiger charge is -2.07. The summed E-state index contributed by atoms with van der Waals surface area (Å²) < 4.78 is 1.97. The predicted molar refractivity (Wildman–Crippen MR) is 111 cm³/mol. The maximum Gasteiger partial charge on any atom is 0.277 e. The first-order valence-electron chi connectivity index (χ1n) is 8.60. The summed E-state index contributed by atoms with van der Waals surface area (Å²) >= 11 is 1.52. The predicted octanol–water partition coefficient (Wildman–Crippen LogP) is 4.44. The van der Waals surface area contributed by atoms with Crippen LogP contribution in [0.3, 0.4) is 0 Å². The van der Waals surface area contributed by atoms with Crippen LogP contribution in [0.25, 0.3) is 16.2 Å². The standard InChI is InChI=1S/C19H13N5O5S/c1-11-10-30-19-21-17(9-22(11)19)12-3-2-4-14(5-12)20-18(25)13-6-15(23(26)27)8-16(7-13)24(28)29/h2-10H,1H3,(H,20,25). The number of hydrogen-bond acceptors (Lipinski definition) is 7. The first kappa shape index (κ1) is 19.2. The monoisotopic (exact) mass is 423 g/mol. The van der Waals surface area contributed by atoms with Crippen LogP contribution in [0.1, 0.15) is 16.1 Å². The van der Waals surface area contributed by atoms with Crippen molar-refractivity contribution in [3.8, 4) is 11.3 Å². The first-order chi connectivity index (χ1) is 14.3. The molecule has 2 heterocycles. The molecule has 0 spiro atoms. The van der Waals surface area contributed by atoms with Crippen molar-refractivity contribution in [2.45, 2.75) is 6.92 Å². The van der Waals surface area contributed by atoms with Crippen LogP contribution in [0, 0.1) is 27.2 Å². The van der Waals surface area contributed by atoms with Crippen LogP contribution in [0.5, 0.6) is 0 Å². The summed E-state index contributed by atoms with van der Waals surface area (Å²) in [5.41, 5.74) is 1.75. The first-order valence-corrected chi connectivity index (χ1v) is 9.48. The molecule has 0 aliphatic rings. The molecule has 0 aliphatic heterocycles. The maximum atomic E-state index is 12.6. The number of amides is 1. The molecule has 0 bridgehead atoms. The zero-order chi connectivity index (χ0) is 21.4. The average molecular weight is 423 g/mol. The second-order valence-corrected chi connectivity index (χ2v) is 7.28. The van der Waals surface area contributed by atoms with Gasteiger partial charge in [0.15, 0.2) is 4.96 Å². The zero-order valence-electron chi connectivity index (χ0n) is 15.4. The van der Waals surface area contributed by atoms with Gasteiger partial charge in [0.25, 0.3) is 17.3 Å². The second-order valence-electron chi connectivity index (χ2n) is 6.44. The molecule has 1 N–H and O–H groups in total. The summed E-state index contributed by atoms with van der Waals surface area (Å²) in [5.74, 6) is -0.694. The average Bonchev–Trinajstić information content (AvgIpc) is 3.30. The third-order valence-corrected chi connectivity index (χ3v) is 5.35. The number of non-ortho nitro benzene ring substituents is 2. The fourth-order valence-electron chi connectivity index (χ4n) is 2.93. The molecule has 0 saturated heterocycles. The molecule has 150 valence electrons. The van der Waals surface area contributed by atoms with Crippen molar-refractivity contribution < 1.29 is 14.6 Å². The summed E-state index contributed by atoms with van der Waals surface area (Å²) in [6.45, 7) is 1.98. The number of nitrogens with one attached hydrogen (secondary N) is 1. The molecule has 2 aromatic heterocycles. The summed E-state index contributed by atoms with van der Waals surface area (Å²) in [7, 11) is 0. The Hall–Kier alpha value is -4.12. The van der Waals surface area contributed by atoms with Crippen molar-refractivity contribution in [3.05, 3.63) is 85.5 Å². The topological polar surface area (TPSA) is 133 Å². The van der Waals surface area contributed by atoms with E-state index >= 15 is 0 Å². The number of nitro groups is 2. The number of hydrogen-bond donors (Lipinski definition) is 1. The molecular weight excluding hydrogens is 410 g/mol. The minimum absolute atomic E-state index is 0.181. The number of carbonyl (C=O) groups is 1. The van der Waals surface area contributed by atoms with Gasteiger partial charge in [-0.3, -0.25) is 29.4 Å². The number of carbonyl (C=O) groups excluding carboxylic acids is 1. The summed E-state index contributed by atoms with van der Waals surface area (Å²) in [5, 5.41) is 26.7. The van der Waals surface area contributed by atoms with E-state index in [0.29, 0.717) is 5.69 Å². The summed E-state index contributed by atoms with van der Waals surface area (Å²) in [4.78, 5) is 38.5. The van der Waals surface area contributed by atoms with E-state index in [4.69, 9.17) is 0 Å². The van der Waals surface area contributed by atoms with Crippen LogP contribution in [-0.4, -0.2) is 25.1 Å². The Morgan fingerprint density at radius 1 is 1.10 bits per heavy atom. The smallest absolute Gasteiger partial charge is 0.277 e. The van der Waals surface area contributed by atoms with Crippen LogP contribution in [0.15, 0.2) is 54.0 Å². The molecular formula is C19H13N5O5S. The van der Waals surface area contributed by atoms with E-state index in [0.717, 1.165) is 40.1 Å². The highest BCUT2D eigenvalue weighted by Gasteiger charge is 2.20. The Balaban J connectivity index is 1.63. The number of fused-ring (bicyclic) bond motifs is 1. The minimum Gasteiger partial charge on any atom is -0.322 e. The van der Waals surface area contributed by atoms with Gasteiger partial charge in [-0.1, -0.05) is 12.1 Å². The molecule has 0 radical (unpaired) electrons. The number of nitro benzene ring substituents is 2. The quantitative estimate of drug-likeness (QED) is 0.373. The summed E-state index contributed by atoms with van der Waals surface area (Å²) in [6, 6.07) is 9.75. The van der Waals surface area contributed by atoms with Gasteiger partial charge in [0.1, 0.15) is 0 Å². The number of benzene rings is 2. The van der Waals surface area contributed by atoms with Crippen molar-refractivity contribution in [3.63, 3.8) is 0 Å². The number of aromatic nitrogens is 2. The third kappa shape index (κ3) is 3.61. The fraction of sp³-hybridized carbons (Fsp3) is 0.0526. The number of rotatable bonds is 5. The Kier molecular flexibility index (Phi) is 4.72. The Labute approximate surface area is 172 Å². The maximum absolute atomic E-state index is 12.6. The lowest BCUT2D eigenvalue weighted by Crippen LogP contribution is -2.12. The fourth-order valence-corrected chi connectivity index (χ4v) is 3.78. The molecule has 4 aromatic rings. The summed E-state index contributed by atoms with van der Waals surface area (Å²) in [6.07, 6.45) is 1.89. The molecule has 1 amide bonds. The molecule has 0 aliphatic carbocycles. The normalized spacial score (nSPS) is 10.8. The molecule has 10 nitrogen and oxygen atoms in total. The van der Waals surface area contributed by atoms with Crippen LogP contribution in [-0.2, 0) is 0 Å². The van der Waals surface area contributed by atoms with Gasteiger partial charge in [-0.05, 0) is 19.1 Å². The molecule has 4 rings (SSSR count). The molecule has 11 heteroatoms. The lowest BCUT2D eigenvalue weighted by molar-refractivity contribution is -0.394. The van der Waals surface area contributed by atoms with Crippen molar-refractivity contribution >= 4 is 39.3 Å². The van der Waals surface area contributed by atoms with Crippen molar-refractivity contribution in [2.75, 3.05) is 5.32 Å². The highest BCUT2D eigenvalue weighted by molar-refractivity contribution is 7.15. The van der Waals surface area contributed by atoms with Crippen molar-refractivity contribution in [1.29, 1.82) is 0 Å². The molecule has 0 fully saturated rings. The van der Waals surface area contributed by atoms with Crippen LogP contribution < -0.4 is 5.32 Å². The van der Waals surface area contributed by atoms with Gasteiger partial charge in [-0.15, -0.1) is 11.3 Å². The molecule has 2 aromatic carbocycles. The van der Waals surface area contributed by atoms with E-state index in [9.17, 15) is 25.0 Å². The molecule has 0 unspecified atom stereocenters. The zero-order valence-corrected chi connectivity index (χ0v) is 16.3. The second kappa shape index (κ2) is 7.37. The largest absolute Gasteiger partial charge is 0.322 e. The minimum atomic E-state index is -0.781. The van der Waals surface area contributed by atoms with Gasteiger partial charge in [0.05, 0.1) is 27.2 Å². The van der Waals surface area contributed by atoms with Crippen LogP contribution in [0.2, 0.25) is 0 Å². The van der Waals surface area contributed by atoms with E-state index in [1.165, 1.54) is 11.3 Å². The van der Waals surface area contributed by atoms with Crippen LogP contribution in [0.4, 0.5) is 17.1 Å². The molecule has 30 heavy (non-hydrogen) atoms. The van der Waals surface area contributed by atoms with Crippen molar-refractivity contribution in [2.24, 2.45) is 0 Å². The van der Waals surface area contributed by atoms with Gasteiger partial charge in [0, 0.05) is 40.7 Å². The highest BCUT2D eigenvalue weighted by Crippen LogP contribution is 2.27. The lowest BCUT2D eigenvalue weighted by atomic mass is 10.1. The highest BCUT2D eigenvalue weighted by atomic mass is 32.1. The van der Waals surface area contributed by atoms with E-state index in [2.05, 4.69) is 10.3 Å². The van der Waals surface area contributed by atoms with Gasteiger partial charge in [0.2, 0.25) is 0 Å². The Morgan fingerprint density at radius 3 is 2.43 bits per heavy atom.